The zero-order valence-corrected chi connectivity index (χ0v) is 8.71. The van der Waals surface area contributed by atoms with Crippen LogP contribution < -0.4 is 5.56 Å². The van der Waals surface area contributed by atoms with Crippen molar-refractivity contribution < 1.29 is 0 Å². The van der Waals surface area contributed by atoms with Crippen LogP contribution in [0.15, 0.2) is 41.7 Å². The van der Waals surface area contributed by atoms with E-state index in [-0.39, 0.29) is 5.56 Å². The van der Waals surface area contributed by atoms with E-state index in [4.69, 9.17) is 0 Å². The molecule has 80 valence electrons. The highest BCUT2D eigenvalue weighted by molar-refractivity contribution is 5.80. The number of aryl methyl sites for hydroxylation is 1. The molecule has 1 N–H and O–H groups in total. The molecule has 3 aromatic heterocycles. The monoisotopic (exact) mass is 214 g/mol. The van der Waals surface area contributed by atoms with Crippen LogP contribution in [0.3, 0.4) is 0 Å². The summed E-state index contributed by atoms with van der Waals surface area (Å²) < 4.78 is 3.67. The van der Waals surface area contributed by atoms with Crippen LogP contribution in [0.25, 0.3) is 16.6 Å². The quantitative estimate of drug-likeness (QED) is 0.658. The van der Waals surface area contributed by atoms with Crippen molar-refractivity contribution in [3.63, 3.8) is 0 Å². The Labute approximate surface area is 90.9 Å². The van der Waals surface area contributed by atoms with Gasteiger partial charge in [-0.1, -0.05) is 0 Å². The molecule has 0 saturated heterocycles. The highest BCUT2D eigenvalue weighted by atomic mass is 16.1. The fourth-order valence-corrected chi connectivity index (χ4v) is 1.84. The molecule has 16 heavy (non-hydrogen) atoms. The number of hydrogen-bond donors (Lipinski definition) is 1. The van der Waals surface area contributed by atoms with Gasteiger partial charge in [-0.15, -0.1) is 0 Å². The number of nitrogens with one attached hydrogen (secondary N) is 1. The zero-order chi connectivity index (χ0) is 11.1. The van der Waals surface area contributed by atoms with Crippen molar-refractivity contribution in [2.24, 2.45) is 7.05 Å². The average molecular weight is 214 g/mol. The van der Waals surface area contributed by atoms with E-state index in [1.807, 2.05) is 30.1 Å². The number of fused-ring (bicyclic) bond motifs is 1. The van der Waals surface area contributed by atoms with Crippen molar-refractivity contribution in [3.8, 4) is 5.69 Å². The standard InChI is InChI=1S/C11H10N4O/c1-14-7-8(6-13-14)15-5-3-9-10(15)2-4-12-11(9)16/h2-7H,1H3,(H,12,16). The maximum Gasteiger partial charge on any atom is 0.257 e. The predicted octanol–water partition coefficient (Wildman–Crippen LogP) is 1.05. The molecule has 3 rings (SSSR count). The van der Waals surface area contributed by atoms with E-state index < -0.39 is 0 Å². The molecule has 0 saturated carbocycles. The van der Waals surface area contributed by atoms with Gasteiger partial charge >= 0.3 is 0 Å². The van der Waals surface area contributed by atoms with Crippen molar-refractivity contribution in [2.75, 3.05) is 0 Å². The summed E-state index contributed by atoms with van der Waals surface area (Å²) in [6, 6.07) is 3.69. The highest BCUT2D eigenvalue weighted by Crippen LogP contribution is 2.16. The van der Waals surface area contributed by atoms with Crippen LogP contribution in [0.1, 0.15) is 0 Å². The Balaban J connectivity index is 2.33. The molecule has 0 fully saturated rings. The first-order valence-electron chi connectivity index (χ1n) is 4.93. The van der Waals surface area contributed by atoms with E-state index in [1.165, 1.54) is 0 Å². The maximum absolute atomic E-state index is 11.5. The van der Waals surface area contributed by atoms with Crippen LogP contribution in [-0.2, 0) is 7.05 Å². The van der Waals surface area contributed by atoms with Gasteiger partial charge in [0.25, 0.3) is 5.56 Å². The fraction of sp³-hybridized carbons (Fsp3) is 0.0909. The number of hydrogen-bond acceptors (Lipinski definition) is 2. The number of pyridine rings is 1. The van der Waals surface area contributed by atoms with E-state index in [0.717, 1.165) is 11.2 Å². The van der Waals surface area contributed by atoms with Crippen LogP contribution in [-0.4, -0.2) is 19.3 Å². The van der Waals surface area contributed by atoms with Gasteiger partial charge in [0.2, 0.25) is 0 Å². The lowest BCUT2D eigenvalue weighted by atomic mass is 10.3. The Morgan fingerprint density at radius 2 is 2.25 bits per heavy atom. The second-order valence-corrected chi connectivity index (χ2v) is 3.66. The molecule has 3 heterocycles. The minimum Gasteiger partial charge on any atom is -0.328 e. The number of H-pyrrole nitrogens is 1. The molecule has 0 amide bonds. The Morgan fingerprint density at radius 1 is 1.38 bits per heavy atom. The minimum atomic E-state index is -0.0693. The van der Waals surface area contributed by atoms with Gasteiger partial charge in [0.05, 0.1) is 22.8 Å². The Hall–Kier alpha value is -2.30. The third-order valence-electron chi connectivity index (χ3n) is 2.60. The first-order chi connectivity index (χ1) is 7.75. The Bertz CT molecular complexity index is 704. The molecule has 0 radical (unpaired) electrons. The molecule has 0 aliphatic carbocycles. The minimum absolute atomic E-state index is 0.0693. The predicted molar refractivity (Wildman–Crippen MR) is 60.7 cm³/mol. The fourth-order valence-electron chi connectivity index (χ4n) is 1.84. The number of aromatic nitrogens is 4. The van der Waals surface area contributed by atoms with E-state index >= 15 is 0 Å². The molecular formula is C11H10N4O. The van der Waals surface area contributed by atoms with Gasteiger partial charge in [-0.3, -0.25) is 9.48 Å². The highest BCUT2D eigenvalue weighted by Gasteiger charge is 2.06. The summed E-state index contributed by atoms with van der Waals surface area (Å²) in [4.78, 5) is 14.2. The third-order valence-corrected chi connectivity index (χ3v) is 2.60. The van der Waals surface area contributed by atoms with Crippen LogP contribution >= 0.6 is 0 Å². The van der Waals surface area contributed by atoms with Crippen molar-refractivity contribution >= 4 is 10.9 Å². The molecule has 0 unspecified atom stereocenters. The molecule has 0 aromatic carbocycles. The third kappa shape index (κ3) is 1.18. The first-order valence-corrected chi connectivity index (χ1v) is 4.93. The summed E-state index contributed by atoms with van der Waals surface area (Å²) in [5.41, 5.74) is 1.76. The molecule has 0 aliphatic heterocycles. The second-order valence-electron chi connectivity index (χ2n) is 3.66. The summed E-state index contributed by atoms with van der Waals surface area (Å²) in [5.74, 6) is 0. The van der Waals surface area contributed by atoms with Gasteiger partial charge in [-0.25, -0.2) is 0 Å². The van der Waals surface area contributed by atoms with Gasteiger partial charge in [0.1, 0.15) is 0 Å². The first kappa shape index (κ1) is 8.96. The van der Waals surface area contributed by atoms with Gasteiger partial charge in [0.15, 0.2) is 0 Å². The number of rotatable bonds is 1. The van der Waals surface area contributed by atoms with Crippen molar-refractivity contribution in [1.29, 1.82) is 0 Å². The average Bonchev–Trinajstić information content (AvgIpc) is 2.84. The largest absolute Gasteiger partial charge is 0.328 e. The van der Waals surface area contributed by atoms with Crippen molar-refractivity contribution in [1.82, 2.24) is 19.3 Å². The van der Waals surface area contributed by atoms with Crippen LogP contribution in [0.4, 0.5) is 0 Å². The van der Waals surface area contributed by atoms with Crippen LogP contribution in [0, 0.1) is 0 Å². The molecule has 5 nitrogen and oxygen atoms in total. The van der Waals surface area contributed by atoms with Gasteiger partial charge < -0.3 is 9.55 Å². The smallest absolute Gasteiger partial charge is 0.257 e. The Kier molecular flexibility index (Phi) is 1.73. The van der Waals surface area contributed by atoms with Crippen molar-refractivity contribution in [3.05, 3.63) is 47.3 Å². The zero-order valence-electron chi connectivity index (χ0n) is 8.71. The van der Waals surface area contributed by atoms with E-state index in [9.17, 15) is 4.79 Å². The number of aromatic amines is 1. The molecule has 3 aromatic rings. The lowest BCUT2D eigenvalue weighted by molar-refractivity contribution is 0.767. The van der Waals surface area contributed by atoms with Crippen LogP contribution in [0.2, 0.25) is 0 Å². The lowest BCUT2D eigenvalue weighted by Gasteiger charge is -1.99. The molecule has 0 aliphatic rings. The summed E-state index contributed by atoms with van der Waals surface area (Å²) in [5, 5.41) is 4.80. The van der Waals surface area contributed by atoms with Crippen molar-refractivity contribution in [2.45, 2.75) is 0 Å². The van der Waals surface area contributed by atoms with Crippen LogP contribution in [0.5, 0.6) is 0 Å². The SMILES string of the molecule is Cn1cc(-n2ccc3c(=O)[nH]ccc32)cn1. The van der Waals surface area contributed by atoms with E-state index in [0.29, 0.717) is 5.39 Å². The maximum atomic E-state index is 11.5. The van der Waals surface area contributed by atoms with Gasteiger partial charge in [0, 0.05) is 25.6 Å². The molecule has 5 heteroatoms. The van der Waals surface area contributed by atoms with Gasteiger partial charge in [-0.2, -0.15) is 5.10 Å². The topological polar surface area (TPSA) is 55.6 Å². The summed E-state index contributed by atoms with van der Waals surface area (Å²) in [6.45, 7) is 0. The normalized spacial score (nSPS) is 11.1. The van der Waals surface area contributed by atoms with E-state index in [2.05, 4.69) is 10.1 Å². The lowest BCUT2D eigenvalue weighted by Crippen LogP contribution is -2.03. The second kappa shape index (κ2) is 3.10. The number of nitrogens with zero attached hydrogens (tertiary/aromatic N) is 3. The Morgan fingerprint density at radius 3 is 3.00 bits per heavy atom. The molecule has 0 bridgehead atoms. The summed E-state index contributed by atoms with van der Waals surface area (Å²) in [6.07, 6.45) is 7.19. The molecular weight excluding hydrogens is 204 g/mol. The van der Waals surface area contributed by atoms with Gasteiger partial charge in [-0.05, 0) is 12.1 Å². The molecule has 0 spiro atoms. The summed E-state index contributed by atoms with van der Waals surface area (Å²) >= 11 is 0. The molecule has 0 atom stereocenters. The summed E-state index contributed by atoms with van der Waals surface area (Å²) in [7, 11) is 1.86. The van der Waals surface area contributed by atoms with E-state index in [1.54, 1.807) is 23.1 Å².